The van der Waals surface area contributed by atoms with E-state index in [0.29, 0.717) is 49.9 Å². The van der Waals surface area contributed by atoms with E-state index < -0.39 is 37.2 Å². The van der Waals surface area contributed by atoms with Gasteiger partial charge in [0.1, 0.15) is 5.75 Å². The third kappa shape index (κ3) is 17.2. The molecule has 4 rings (SSSR count). The second-order valence-electron chi connectivity index (χ2n) is 19.1. The van der Waals surface area contributed by atoms with Gasteiger partial charge in [0, 0.05) is 43.6 Å². The van der Waals surface area contributed by atoms with Gasteiger partial charge in [-0.1, -0.05) is 41.0 Å². The maximum absolute atomic E-state index is 13.2. The number of hydrogen-bond acceptors (Lipinski definition) is 10. The highest BCUT2D eigenvalue weighted by atomic mass is 33.1. The zero-order valence-electron chi connectivity index (χ0n) is 40.3. The van der Waals surface area contributed by atoms with E-state index in [0.717, 1.165) is 115 Å². The van der Waals surface area contributed by atoms with Crippen molar-refractivity contribution in [2.75, 3.05) is 91.1 Å². The third-order valence-corrected chi connectivity index (χ3v) is 15.8. The Kier molecular flexibility index (Phi) is 24.0. The highest BCUT2D eigenvalue weighted by Crippen LogP contribution is 2.62. The van der Waals surface area contributed by atoms with E-state index in [4.69, 9.17) is 28.4 Å². The maximum Gasteiger partial charge on any atom is 0.435 e. The zero-order chi connectivity index (χ0) is 49.3. The van der Waals surface area contributed by atoms with Gasteiger partial charge in [0.05, 0.1) is 64.6 Å². The van der Waals surface area contributed by atoms with Gasteiger partial charge in [-0.05, 0) is 146 Å². The van der Waals surface area contributed by atoms with Crippen molar-refractivity contribution < 1.29 is 72.7 Å². The first-order chi connectivity index (χ1) is 31.6. The summed E-state index contributed by atoms with van der Waals surface area (Å²) in [6.45, 7) is 15.4. The number of hydrogen-bond donors (Lipinski definition) is 0. The lowest BCUT2D eigenvalue weighted by Gasteiger charge is -2.50. The van der Waals surface area contributed by atoms with Gasteiger partial charge in [0.25, 0.3) is 0 Å². The van der Waals surface area contributed by atoms with E-state index in [-0.39, 0.29) is 30.3 Å². The lowest BCUT2D eigenvalue weighted by atomic mass is 9.55. The van der Waals surface area contributed by atoms with Crippen molar-refractivity contribution in [2.24, 2.45) is 23.2 Å². The van der Waals surface area contributed by atoms with E-state index in [1.54, 1.807) is 21.6 Å². The molecule has 3 aliphatic rings. The maximum atomic E-state index is 13.2. The van der Waals surface area contributed by atoms with Crippen LogP contribution in [0.2, 0.25) is 0 Å². The standard InChI is InChI=1S/C48H76F9NO7S2/c1-34(2)63-32-36(33-64-35(3)4)11-7-8-20-58(6)21-26-60-28-30-67-66-29-27-59-22-9-23-61-38-13-15-39-37(31-38)12-14-41-40(39)18-19-44(5)42(41)16-17-43(44)62-24-10-25-65-45(46(49,50)51,47(52,53)54)48(55,56)57/h13,15,31,34-36,40-43H,7-12,14,16-30,32-33H2,1-6H3/t40-,41-,42+,43+,44+/m1/s1. The Morgan fingerprint density at radius 1 is 0.701 bits per heavy atom. The minimum Gasteiger partial charge on any atom is -0.493 e. The average Bonchev–Trinajstić information content (AvgIpc) is 3.58. The Morgan fingerprint density at radius 2 is 1.33 bits per heavy atom. The first kappa shape index (κ1) is 58.4. The summed E-state index contributed by atoms with van der Waals surface area (Å²) in [6.07, 6.45) is -11.3. The summed E-state index contributed by atoms with van der Waals surface area (Å²) >= 11 is 0. The summed E-state index contributed by atoms with van der Waals surface area (Å²) in [5, 5.41) is 0. The molecule has 1 aromatic rings. The molecule has 0 aromatic heterocycles. The number of ether oxygens (including phenoxy) is 7. The molecule has 0 amide bonds. The van der Waals surface area contributed by atoms with Crippen LogP contribution >= 0.6 is 21.6 Å². The molecule has 0 bridgehead atoms. The Morgan fingerprint density at radius 3 is 1.96 bits per heavy atom. The Bertz CT molecular complexity index is 1510. The van der Waals surface area contributed by atoms with E-state index in [9.17, 15) is 39.5 Å². The summed E-state index contributed by atoms with van der Waals surface area (Å²) < 4.78 is 158. The molecule has 0 unspecified atom stereocenters. The SMILES string of the molecule is CC(C)OCC(CCCCN(C)CCOCCSSCCOCCCOc1ccc2c(c1)CC[C@@H]1[C@@H]2CC[C@]2(C)[C@@H](OCCCOC(C(F)(F)F)(C(F)(F)F)C(F)(F)F)CC[C@@H]12)COC(C)C. The fourth-order valence-electron chi connectivity index (χ4n) is 9.99. The van der Waals surface area contributed by atoms with Crippen LogP contribution in [0.4, 0.5) is 39.5 Å². The molecule has 2 fully saturated rings. The Balaban J connectivity index is 1.03. The van der Waals surface area contributed by atoms with E-state index >= 15 is 0 Å². The second-order valence-corrected chi connectivity index (χ2v) is 21.8. The number of rotatable bonds is 32. The first-order valence-corrected chi connectivity index (χ1v) is 26.6. The molecule has 67 heavy (non-hydrogen) atoms. The molecular formula is C48H76F9NO7S2. The number of alkyl halides is 9. The van der Waals surface area contributed by atoms with Crippen LogP contribution in [-0.4, -0.2) is 138 Å². The number of benzene rings is 1. The number of nitrogens with zero attached hydrogens (tertiary/aromatic N) is 1. The van der Waals surface area contributed by atoms with Crippen molar-refractivity contribution in [3.63, 3.8) is 0 Å². The van der Waals surface area contributed by atoms with Crippen molar-refractivity contribution in [1.82, 2.24) is 4.90 Å². The van der Waals surface area contributed by atoms with Crippen molar-refractivity contribution >= 4 is 21.6 Å². The first-order valence-electron chi connectivity index (χ1n) is 24.1. The fraction of sp³-hybridized carbons (Fsp3) is 0.875. The van der Waals surface area contributed by atoms with Crippen LogP contribution in [0.25, 0.3) is 0 Å². The van der Waals surface area contributed by atoms with Crippen molar-refractivity contribution in [2.45, 2.75) is 154 Å². The topological polar surface area (TPSA) is 67.9 Å². The van der Waals surface area contributed by atoms with Crippen LogP contribution in [0.15, 0.2) is 18.2 Å². The van der Waals surface area contributed by atoms with Gasteiger partial charge >= 0.3 is 24.1 Å². The molecule has 8 nitrogen and oxygen atoms in total. The highest BCUT2D eigenvalue weighted by molar-refractivity contribution is 8.76. The van der Waals surface area contributed by atoms with E-state index in [1.165, 1.54) is 11.1 Å². The van der Waals surface area contributed by atoms with Crippen LogP contribution in [0, 0.1) is 23.2 Å². The summed E-state index contributed by atoms with van der Waals surface area (Å²) in [5.41, 5.74) is -3.93. The number of unbranched alkanes of at least 4 members (excludes halogenated alkanes) is 1. The molecular weight excluding hydrogens is 938 g/mol. The zero-order valence-corrected chi connectivity index (χ0v) is 41.9. The van der Waals surface area contributed by atoms with Gasteiger partial charge in [0.15, 0.2) is 0 Å². The van der Waals surface area contributed by atoms with Crippen molar-refractivity contribution in [3.8, 4) is 5.75 Å². The lowest BCUT2D eigenvalue weighted by molar-refractivity contribution is -0.457. The molecule has 2 saturated carbocycles. The largest absolute Gasteiger partial charge is 0.493 e. The van der Waals surface area contributed by atoms with Gasteiger partial charge in [-0.2, -0.15) is 39.5 Å². The molecule has 390 valence electrons. The van der Waals surface area contributed by atoms with Crippen LogP contribution in [0.3, 0.4) is 0 Å². The molecule has 0 saturated heterocycles. The third-order valence-electron chi connectivity index (χ3n) is 13.5. The molecule has 0 N–H and O–H groups in total. The van der Waals surface area contributed by atoms with Crippen LogP contribution in [-0.2, 0) is 34.8 Å². The predicted molar refractivity (Wildman–Crippen MR) is 246 cm³/mol. The van der Waals surface area contributed by atoms with Crippen LogP contribution in [0.1, 0.15) is 116 Å². The van der Waals surface area contributed by atoms with Gasteiger partial charge in [-0.3, -0.25) is 0 Å². The van der Waals surface area contributed by atoms with Gasteiger partial charge in [0.2, 0.25) is 0 Å². The highest BCUT2D eigenvalue weighted by Gasteiger charge is 2.85. The normalized spacial score (nSPS) is 22.6. The van der Waals surface area contributed by atoms with E-state index in [2.05, 4.69) is 63.4 Å². The molecule has 1 aromatic carbocycles. The van der Waals surface area contributed by atoms with Crippen molar-refractivity contribution in [1.29, 1.82) is 0 Å². The Hall–Kier alpha value is -1.19. The molecule has 0 aliphatic heterocycles. The minimum absolute atomic E-state index is 0.236. The summed E-state index contributed by atoms with van der Waals surface area (Å²) in [6, 6.07) is 6.32. The predicted octanol–water partition coefficient (Wildman–Crippen LogP) is 12.5. The van der Waals surface area contributed by atoms with Crippen LogP contribution < -0.4 is 4.74 Å². The number of fused-ring (bicyclic) bond motifs is 5. The number of aryl methyl sites for hydroxylation is 1. The van der Waals surface area contributed by atoms with Crippen LogP contribution in [0.5, 0.6) is 5.75 Å². The number of likely N-dealkylation sites (N-methyl/N-ethyl adjacent to an activating group) is 1. The quantitative estimate of drug-likeness (QED) is 0.0396. The molecule has 19 heteroatoms. The lowest BCUT2D eigenvalue weighted by Crippen LogP contribution is -2.67. The minimum atomic E-state index is -6.74. The summed E-state index contributed by atoms with van der Waals surface area (Å²) in [4.78, 5) is 2.33. The van der Waals surface area contributed by atoms with Gasteiger partial charge in [-0.15, -0.1) is 0 Å². The average molecular weight is 1010 g/mol. The van der Waals surface area contributed by atoms with Gasteiger partial charge in [-0.25, -0.2) is 0 Å². The van der Waals surface area contributed by atoms with Gasteiger partial charge < -0.3 is 38.1 Å². The fourth-order valence-corrected chi connectivity index (χ4v) is 11.7. The smallest absolute Gasteiger partial charge is 0.435 e. The van der Waals surface area contributed by atoms with Crippen molar-refractivity contribution in [3.05, 3.63) is 29.3 Å². The monoisotopic (exact) mass is 1010 g/mol. The summed E-state index contributed by atoms with van der Waals surface area (Å²) in [5.74, 6) is 4.13. The number of halogens is 9. The molecule has 5 atom stereocenters. The molecule has 3 aliphatic carbocycles. The summed E-state index contributed by atoms with van der Waals surface area (Å²) in [7, 11) is 5.74. The molecule has 0 heterocycles. The van der Waals surface area contributed by atoms with E-state index in [1.807, 2.05) is 6.07 Å². The molecule has 0 radical (unpaired) electrons. The Labute approximate surface area is 400 Å². The second kappa shape index (κ2) is 27.6. The molecule has 0 spiro atoms.